The largest absolute Gasteiger partial charge is 0.381 e. The van der Waals surface area contributed by atoms with Crippen LogP contribution in [0.15, 0.2) is 36.5 Å². The summed E-state index contributed by atoms with van der Waals surface area (Å²) in [6, 6.07) is 8.21. The molecule has 0 bridgehead atoms. The van der Waals surface area contributed by atoms with Crippen LogP contribution in [0.5, 0.6) is 0 Å². The maximum Gasteiger partial charge on any atom is 0.274 e. The number of nitrogens with zero attached hydrogens (tertiary/aromatic N) is 3. The number of carbonyl (C=O) groups excluding carboxylic acids is 1. The average Bonchev–Trinajstić information content (AvgIpc) is 3.10. The molecule has 24 heavy (non-hydrogen) atoms. The van der Waals surface area contributed by atoms with E-state index in [2.05, 4.69) is 5.10 Å². The van der Waals surface area contributed by atoms with E-state index in [1.807, 2.05) is 4.90 Å². The second-order valence-electron chi connectivity index (χ2n) is 6.54. The van der Waals surface area contributed by atoms with Crippen molar-refractivity contribution >= 4 is 5.91 Å². The summed E-state index contributed by atoms with van der Waals surface area (Å²) < 4.78 is 20.3. The number of amides is 1. The van der Waals surface area contributed by atoms with Gasteiger partial charge in [0.05, 0.1) is 12.3 Å². The fourth-order valence-corrected chi connectivity index (χ4v) is 3.14. The van der Waals surface area contributed by atoms with Gasteiger partial charge in [-0.2, -0.15) is 5.10 Å². The minimum absolute atomic E-state index is 0.0421. The number of hydrogen-bond acceptors (Lipinski definition) is 3. The highest BCUT2D eigenvalue weighted by Crippen LogP contribution is 2.30. The second kappa shape index (κ2) is 6.36. The van der Waals surface area contributed by atoms with Crippen LogP contribution >= 0.6 is 0 Å². The highest BCUT2D eigenvalue weighted by atomic mass is 19.1. The molecule has 4 rings (SSSR count). The maximum atomic E-state index is 13.4. The van der Waals surface area contributed by atoms with Crippen molar-refractivity contribution in [3.05, 3.63) is 48.0 Å². The van der Waals surface area contributed by atoms with Crippen molar-refractivity contribution in [2.24, 2.45) is 5.92 Å². The first-order chi connectivity index (χ1) is 11.7. The molecule has 2 heterocycles. The van der Waals surface area contributed by atoms with Gasteiger partial charge in [-0.3, -0.25) is 4.79 Å². The Bertz CT molecular complexity index is 735. The fraction of sp³-hybridized carbons (Fsp3) is 0.444. The topological polar surface area (TPSA) is 47.4 Å². The Kier molecular flexibility index (Phi) is 4.06. The third kappa shape index (κ3) is 3.19. The van der Waals surface area contributed by atoms with Crippen molar-refractivity contribution in [3.8, 4) is 5.69 Å². The molecule has 1 saturated carbocycles. The van der Waals surface area contributed by atoms with E-state index in [1.54, 1.807) is 29.1 Å². The van der Waals surface area contributed by atoms with E-state index in [4.69, 9.17) is 4.74 Å². The van der Waals surface area contributed by atoms with Crippen LogP contribution in [0.3, 0.4) is 0 Å². The molecule has 0 radical (unpaired) electrons. The summed E-state index contributed by atoms with van der Waals surface area (Å²) >= 11 is 0. The maximum absolute atomic E-state index is 13.4. The van der Waals surface area contributed by atoms with Gasteiger partial charge in [0.1, 0.15) is 5.82 Å². The molecule has 126 valence electrons. The van der Waals surface area contributed by atoms with Gasteiger partial charge < -0.3 is 9.64 Å². The van der Waals surface area contributed by atoms with Crippen molar-refractivity contribution in [1.82, 2.24) is 14.7 Å². The van der Waals surface area contributed by atoms with Gasteiger partial charge in [-0.15, -0.1) is 0 Å². The van der Waals surface area contributed by atoms with Crippen molar-refractivity contribution in [1.29, 1.82) is 0 Å². The first-order valence-electron chi connectivity index (χ1n) is 8.41. The standard InChI is InChI=1S/C18H20FN3O2/c19-14-2-1-3-16(10-14)22-8-6-17(20-22)18(23)21(15-4-5-15)11-13-7-9-24-12-13/h1-3,6,8,10,13,15H,4-5,7,9,11-12H2. The molecule has 1 unspecified atom stereocenters. The Labute approximate surface area is 140 Å². The number of carbonyl (C=O) groups is 1. The first kappa shape index (κ1) is 15.3. The van der Waals surface area contributed by atoms with E-state index >= 15 is 0 Å². The Morgan fingerprint density at radius 1 is 1.33 bits per heavy atom. The Morgan fingerprint density at radius 3 is 2.92 bits per heavy atom. The van der Waals surface area contributed by atoms with Gasteiger partial charge >= 0.3 is 0 Å². The quantitative estimate of drug-likeness (QED) is 0.847. The number of rotatable bonds is 5. The van der Waals surface area contributed by atoms with Gasteiger partial charge in [0.2, 0.25) is 0 Å². The fourth-order valence-electron chi connectivity index (χ4n) is 3.14. The van der Waals surface area contributed by atoms with Crippen LogP contribution in [0, 0.1) is 11.7 Å². The van der Waals surface area contributed by atoms with E-state index in [0.717, 1.165) is 39.0 Å². The van der Waals surface area contributed by atoms with Crippen LogP contribution < -0.4 is 0 Å². The molecule has 2 fully saturated rings. The molecule has 2 aromatic rings. The third-order valence-corrected chi connectivity index (χ3v) is 4.61. The van der Waals surface area contributed by atoms with E-state index in [9.17, 15) is 9.18 Å². The molecule has 0 N–H and O–H groups in total. The Balaban J connectivity index is 1.52. The zero-order valence-corrected chi connectivity index (χ0v) is 13.4. The normalized spacial score (nSPS) is 20.3. The molecule has 1 saturated heterocycles. The minimum Gasteiger partial charge on any atom is -0.381 e. The van der Waals surface area contributed by atoms with Crippen LogP contribution in [-0.2, 0) is 4.74 Å². The predicted octanol–water partition coefficient (Wildman–Crippen LogP) is 2.65. The molecule has 1 aliphatic heterocycles. The molecule has 1 atom stereocenters. The van der Waals surface area contributed by atoms with E-state index in [-0.39, 0.29) is 11.7 Å². The number of halogens is 1. The number of benzene rings is 1. The molecular formula is C18H20FN3O2. The highest BCUT2D eigenvalue weighted by molar-refractivity contribution is 5.92. The summed E-state index contributed by atoms with van der Waals surface area (Å²) in [5.41, 5.74) is 1.02. The van der Waals surface area contributed by atoms with Crippen molar-refractivity contribution in [2.75, 3.05) is 19.8 Å². The summed E-state index contributed by atoms with van der Waals surface area (Å²) in [5.74, 6) is 0.0520. The van der Waals surface area contributed by atoms with Crippen LogP contribution in [0.1, 0.15) is 29.8 Å². The van der Waals surface area contributed by atoms with Gasteiger partial charge in [0, 0.05) is 31.3 Å². The summed E-state index contributed by atoms with van der Waals surface area (Å²) in [7, 11) is 0. The van der Waals surface area contributed by atoms with Gasteiger partial charge in [-0.05, 0) is 43.5 Å². The molecule has 1 aromatic heterocycles. The lowest BCUT2D eigenvalue weighted by molar-refractivity contribution is 0.0700. The molecule has 5 nitrogen and oxygen atoms in total. The molecule has 1 amide bonds. The number of hydrogen-bond donors (Lipinski definition) is 0. The van der Waals surface area contributed by atoms with Crippen LogP contribution in [0.2, 0.25) is 0 Å². The third-order valence-electron chi connectivity index (χ3n) is 4.61. The van der Waals surface area contributed by atoms with Gasteiger partial charge in [-0.1, -0.05) is 6.07 Å². The van der Waals surface area contributed by atoms with Crippen molar-refractivity contribution in [2.45, 2.75) is 25.3 Å². The van der Waals surface area contributed by atoms with E-state index in [1.165, 1.54) is 12.1 Å². The van der Waals surface area contributed by atoms with E-state index in [0.29, 0.717) is 23.3 Å². The molecule has 2 aliphatic rings. The molecule has 6 heteroatoms. The number of ether oxygens (including phenoxy) is 1. The Morgan fingerprint density at radius 2 is 2.21 bits per heavy atom. The van der Waals surface area contributed by atoms with Crippen LogP contribution in [0.4, 0.5) is 4.39 Å². The summed E-state index contributed by atoms with van der Waals surface area (Å²) in [6.45, 7) is 2.25. The zero-order chi connectivity index (χ0) is 16.5. The first-order valence-corrected chi connectivity index (χ1v) is 8.41. The van der Waals surface area contributed by atoms with Crippen molar-refractivity contribution in [3.63, 3.8) is 0 Å². The molecule has 0 spiro atoms. The molecular weight excluding hydrogens is 309 g/mol. The summed E-state index contributed by atoms with van der Waals surface area (Å²) in [4.78, 5) is 14.8. The second-order valence-corrected chi connectivity index (χ2v) is 6.54. The lowest BCUT2D eigenvalue weighted by Crippen LogP contribution is -2.37. The van der Waals surface area contributed by atoms with Gasteiger partial charge in [0.25, 0.3) is 5.91 Å². The van der Waals surface area contributed by atoms with Gasteiger partial charge in [0.15, 0.2) is 5.69 Å². The minimum atomic E-state index is -0.322. The Hall–Kier alpha value is -2.21. The van der Waals surface area contributed by atoms with Crippen molar-refractivity contribution < 1.29 is 13.9 Å². The van der Waals surface area contributed by atoms with Crippen LogP contribution in [0.25, 0.3) is 5.69 Å². The zero-order valence-electron chi connectivity index (χ0n) is 13.4. The van der Waals surface area contributed by atoms with Crippen LogP contribution in [-0.4, -0.2) is 46.4 Å². The lowest BCUT2D eigenvalue weighted by Gasteiger charge is -2.24. The molecule has 1 aliphatic carbocycles. The SMILES string of the molecule is O=C(c1ccn(-c2cccc(F)c2)n1)N(CC1CCOC1)C1CC1. The number of aromatic nitrogens is 2. The smallest absolute Gasteiger partial charge is 0.274 e. The van der Waals surface area contributed by atoms with Gasteiger partial charge in [-0.25, -0.2) is 9.07 Å². The monoisotopic (exact) mass is 329 g/mol. The molecule has 1 aromatic carbocycles. The lowest BCUT2D eigenvalue weighted by atomic mass is 10.1. The van der Waals surface area contributed by atoms with E-state index < -0.39 is 0 Å². The summed E-state index contributed by atoms with van der Waals surface area (Å²) in [5, 5.41) is 4.35. The average molecular weight is 329 g/mol. The predicted molar refractivity (Wildman–Crippen MR) is 86.5 cm³/mol. The highest BCUT2D eigenvalue weighted by Gasteiger charge is 2.36. The summed E-state index contributed by atoms with van der Waals surface area (Å²) in [6.07, 6.45) is 4.83.